The van der Waals surface area contributed by atoms with Crippen molar-refractivity contribution in [2.45, 2.75) is 32.2 Å². The van der Waals surface area contributed by atoms with E-state index in [-0.39, 0.29) is 24.8 Å². The van der Waals surface area contributed by atoms with Crippen LogP contribution < -0.4 is 10.1 Å². The summed E-state index contributed by atoms with van der Waals surface area (Å²) in [5, 5.41) is 14.0. The summed E-state index contributed by atoms with van der Waals surface area (Å²) in [7, 11) is 0. The number of phenols is 1. The number of para-hydroxylation sites is 1. The second kappa shape index (κ2) is 9.58. The number of nitrogens with zero attached hydrogens (tertiary/aromatic N) is 1. The van der Waals surface area contributed by atoms with Crippen molar-refractivity contribution >= 4 is 24.8 Å². The third-order valence-corrected chi connectivity index (χ3v) is 4.79. The van der Waals surface area contributed by atoms with E-state index in [0.717, 1.165) is 31.7 Å². The fourth-order valence-electron chi connectivity index (χ4n) is 3.51. The van der Waals surface area contributed by atoms with Gasteiger partial charge in [-0.2, -0.15) is 0 Å². The summed E-state index contributed by atoms with van der Waals surface area (Å²) in [5.41, 5.74) is 1.05. The average Bonchev–Trinajstić information content (AvgIpc) is 2.46. The number of phenolic OH excluding ortho intramolecular Hbond substituents is 1. The topological polar surface area (TPSA) is 44.7 Å². The number of hydrogen-bond donors (Lipinski definition) is 2. The van der Waals surface area contributed by atoms with Gasteiger partial charge in [-0.25, -0.2) is 0 Å². The quantitative estimate of drug-likeness (QED) is 0.842. The molecule has 6 heteroatoms. The summed E-state index contributed by atoms with van der Waals surface area (Å²) < 4.78 is 5.57. The molecule has 0 amide bonds. The van der Waals surface area contributed by atoms with E-state index in [0.29, 0.717) is 30.1 Å². The predicted octanol–water partition coefficient (Wildman–Crippen LogP) is 3.38. The molecule has 1 aliphatic heterocycles. The molecule has 1 saturated carbocycles. The monoisotopic (exact) mass is 362 g/mol. The van der Waals surface area contributed by atoms with Crippen molar-refractivity contribution in [1.82, 2.24) is 10.2 Å². The van der Waals surface area contributed by atoms with E-state index in [9.17, 15) is 5.11 Å². The van der Waals surface area contributed by atoms with E-state index in [2.05, 4.69) is 16.3 Å². The maximum absolute atomic E-state index is 10.6. The van der Waals surface area contributed by atoms with Crippen LogP contribution in [0.15, 0.2) is 18.2 Å². The van der Waals surface area contributed by atoms with E-state index >= 15 is 0 Å². The van der Waals surface area contributed by atoms with E-state index < -0.39 is 0 Å². The zero-order valence-corrected chi connectivity index (χ0v) is 15.3. The SMILES string of the molecule is CCOc1cccc([C@H](C2CCC2)N2CCNCC2)c1O.Cl.Cl. The van der Waals surface area contributed by atoms with E-state index in [4.69, 9.17) is 4.74 Å². The van der Waals surface area contributed by atoms with E-state index in [1.807, 2.05) is 19.1 Å². The summed E-state index contributed by atoms with van der Waals surface area (Å²) in [6, 6.07) is 6.27. The van der Waals surface area contributed by atoms with Crippen LogP contribution in [0.25, 0.3) is 0 Å². The molecule has 4 nitrogen and oxygen atoms in total. The Balaban J connectivity index is 0.00000132. The van der Waals surface area contributed by atoms with Crippen LogP contribution in [-0.4, -0.2) is 42.8 Å². The minimum absolute atomic E-state index is 0. The van der Waals surface area contributed by atoms with Gasteiger partial charge in [0.15, 0.2) is 11.5 Å². The maximum atomic E-state index is 10.6. The van der Waals surface area contributed by atoms with Gasteiger partial charge >= 0.3 is 0 Å². The third kappa shape index (κ3) is 4.44. The lowest BCUT2D eigenvalue weighted by molar-refractivity contribution is 0.0816. The first-order valence-corrected chi connectivity index (χ1v) is 8.20. The molecule has 1 atom stereocenters. The normalized spacial score (nSPS) is 19.9. The number of nitrogens with one attached hydrogen (secondary N) is 1. The minimum atomic E-state index is 0. The van der Waals surface area contributed by atoms with Crippen molar-refractivity contribution < 1.29 is 9.84 Å². The molecule has 0 bridgehead atoms. The zero-order valence-electron chi connectivity index (χ0n) is 13.7. The highest BCUT2D eigenvalue weighted by atomic mass is 35.5. The second-order valence-corrected chi connectivity index (χ2v) is 6.05. The van der Waals surface area contributed by atoms with Crippen molar-refractivity contribution in [2.75, 3.05) is 32.8 Å². The van der Waals surface area contributed by atoms with E-state index in [1.54, 1.807) is 0 Å². The molecule has 2 fully saturated rings. The van der Waals surface area contributed by atoms with Crippen molar-refractivity contribution in [3.05, 3.63) is 23.8 Å². The summed E-state index contributed by atoms with van der Waals surface area (Å²) in [6.45, 7) is 6.72. The van der Waals surface area contributed by atoms with Gasteiger partial charge in [-0.15, -0.1) is 24.8 Å². The first-order chi connectivity index (χ1) is 10.3. The standard InChI is InChI=1S/C17H26N2O2.2ClH/c1-2-21-15-8-4-7-14(17(15)20)16(13-5-3-6-13)19-11-9-18-10-12-19;;/h4,7-8,13,16,18,20H,2-3,5-6,9-12H2,1H3;2*1H/t16-;;/m0../s1. The summed E-state index contributed by atoms with van der Waals surface area (Å²) >= 11 is 0. The Kier molecular flexibility index (Phi) is 8.48. The Bertz CT molecular complexity index is 478. The van der Waals surface area contributed by atoms with Crippen molar-refractivity contribution in [3.8, 4) is 11.5 Å². The van der Waals surface area contributed by atoms with Crippen LogP contribution in [0.4, 0.5) is 0 Å². The van der Waals surface area contributed by atoms with Gasteiger partial charge in [0.25, 0.3) is 0 Å². The maximum Gasteiger partial charge on any atom is 0.162 e. The van der Waals surface area contributed by atoms with Gasteiger partial charge in [0.2, 0.25) is 0 Å². The highest BCUT2D eigenvalue weighted by Gasteiger charge is 2.35. The average molecular weight is 363 g/mol. The first kappa shape index (κ1) is 20.4. The molecule has 2 N–H and O–H groups in total. The van der Waals surface area contributed by atoms with Crippen LogP contribution in [0, 0.1) is 5.92 Å². The number of benzene rings is 1. The van der Waals surface area contributed by atoms with Gasteiger partial charge in [-0.1, -0.05) is 18.6 Å². The Morgan fingerprint density at radius 3 is 2.52 bits per heavy atom. The largest absolute Gasteiger partial charge is 0.504 e. The van der Waals surface area contributed by atoms with Crippen LogP contribution >= 0.6 is 24.8 Å². The van der Waals surface area contributed by atoms with Crippen LogP contribution in [0.3, 0.4) is 0 Å². The smallest absolute Gasteiger partial charge is 0.162 e. The summed E-state index contributed by atoms with van der Waals surface area (Å²) in [4.78, 5) is 2.53. The Hall–Kier alpha value is -0.680. The molecule has 1 heterocycles. The van der Waals surface area contributed by atoms with Crippen molar-refractivity contribution in [1.29, 1.82) is 0 Å². The molecule has 0 spiro atoms. The van der Waals surface area contributed by atoms with Crippen LogP contribution in [0.2, 0.25) is 0 Å². The lowest BCUT2D eigenvalue weighted by Crippen LogP contribution is -2.47. The number of rotatable bonds is 5. The molecule has 2 aliphatic rings. The molecule has 1 saturated heterocycles. The second-order valence-electron chi connectivity index (χ2n) is 6.05. The first-order valence-electron chi connectivity index (χ1n) is 8.20. The highest BCUT2D eigenvalue weighted by Crippen LogP contribution is 2.46. The number of aromatic hydroxyl groups is 1. The van der Waals surface area contributed by atoms with Gasteiger partial charge in [-0.05, 0) is 31.7 Å². The molecular formula is C17H28Cl2N2O2. The third-order valence-electron chi connectivity index (χ3n) is 4.79. The molecule has 0 radical (unpaired) electrons. The zero-order chi connectivity index (χ0) is 14.7. The number of piperazine rings is 1. The molecule has 132 valence electrons. The van der Waals surface area contributed by atoms with Crippen LogP contribution in [0.5, 0.6) is 11.5 Å². The fourth-order valence-corrected chi connectivity index (χ4v) is 3.51. The lowest BCUT2D eigenvalue weighted by Gasteiger charge is -2.43. The van der Waals surface area contributed by atoms with Crippen LogP contribution in [0.1, 0.15) is 37.8 Å². The number of ether oxygens (including phenoxy) is 1. The summed E-state index contributed by atoms with van der Waals surface area (Å²) in [6.07, 6.45) is 3.86. The molecule has 23 heavy (non-hydrogen) atoms. The molecule has 3 rings (SSSR count). The van der Waals surface area contributed by atoms with Crippen molar-refractivity contribution in [3.63, 3.8) is 0 Å². The number of halogens is 2. The number of hydrogen-bond acceptors (Lipinski definition) is 4. The molecular weight excluding hydrogens is 335 g/mol. The molecule has 1 aliphatic carbocycles. The molecule has 0 aromatic heterocycles. The van der Waals surface area contributed by atoms with E-state index in [1.165, 1.54) is 19.3 Å². The molecule has 1 aromatic rings. The highest BCUT2D eigenvalue weighted by molar-refractivity contribution is 5.85. The van der Waals surface area contributed by atoms with Gasteiger partial charge in [0.1, 0.15) is 0 Å². The van der Waals surface area contributed by atoms with Gasteiger partial charge in [-0.3, -0.25) is 4.90 Å². The van der Waals surface area contributed by atoms with Crippen molar-refractivity contribution in [2.24, 2.45) is 5.92 Å². The Morgan fingerprint density at radius 1 is 1.26 bits per heavy atom. The summed E-state index contributed by atoms with van der Waals surface area (Å²) in [5.74, 6) is 1.63. The lowest BCUT2D eigenvalue weighted by atomic mass is 9.76. The Morgan fingerprint density at radius 2 is 1.96 bits per heavy atom. The molecule has 1 aromatic carbocycles. The Labute approximate surface area is 151 Å². The fraction of sp³-hybridized carbons (Fsp3) is 0.647. The van der Waals surface area contributed by atoms with Gasteiger partial charge in [0, 0.05) is 37.8 Å². The minimum Gasteiger partial charge on any atom is -0.504 e. The molecule has 0 unspecified atom stereocenters. The van der Waals surface area contributed by atoms with Gasteiger partial charge in [0.05, 0.1) is 6.61 Å². The van der Waals surface area contributed by atoms with Gasteiger partial charge < -0.3 is 15.2 Å². The predicted molar refractivity (Wildman–Crippen MR) is 98.3 cm³/mol. The van der Waals surface area contributed by atoms with Crippen LogP contribution in [-0.2, 0) is 0 Å².